The molecule has 1 aliphatic carbocycles. The topological polar surface area (TPSA) is 74.6 Å². The lowest BCUT2D eigenvalue weighted by Crippen LogP contribution is -2.43. The molecule has 2 atom stereocenters. The smallest absolute Gasteiger partial charge is 0.316 e. The Labute approximate surface area is 242 Å². The molecule has 3 saturated heterocycles. The van der Waals surface area contributed by atoms with Gasteiger partial charge in [-0.2, -0.15) is 4.98 Å². The SMILES string of the molecule is C#Cc1c(F)ccc2cc(O)cc(-c3cc4nc(OC[C@@]56CCCN5C[C@H](F)C6)ncc4c(N4CCCC45CC5)n3)c12. The molecule has 3 aliphatic heterocycles. The van der Waals surface area contributed by atoms with Crippen LogP contribution < -0.4 is 9.64 Å². The van der Waals surface area contributed by atoms with Gasteiger partial charge in [-0.3, -0.25) is 4.90 Å². The Hall–Kier alpha value is -4.03. The number of aromatic nitrogens is 3. The van der Waals surface area contributed by atoms with Crippen LogP contribution in [0.4, 0.5) is 14.6 Å². The van der Waals surface area contributed by atoms with Gasteiger partial charge in [0.2, 0.25) is 0 Å². The molecule has 4 aromatic rings. The van der Waals surface area contributed by atoms with Gasteiger partial charge in [-0.1, -0.05) is 12.0 Å². The van der Waals surface area contributed by atoms with Gasteiger partial charge in [0.05, 0.1) is 27.7 Å². The number of hydrogen-bond acceptors (Lipinski definition) is 7. The Morgan fingerprint density at radius 2 is 1.95 bits per heavy atom. The molecule has 0 bridgehead atoms. The van der Waals surface area contributed by atoms with E-state index in [2.05, 4.69) is 20.7 Å². The van der Waals surface area contributed by atoms with E-state index in [0.717, 1.165) is 62.8 Å². The fraction of sp³-hybridized carbons (Fsp3) is 0.424. The molecule has 8 rings (SSSR count). The number of phenols is 1. The molecule has 4 aliphatic rings. The average molecular weight is 568 g/mol. The highest BCUT2D eigenvalue weighted by atomic mass is 19.1. The zero-order chi connectivity index (χ0) is 28.6. The summed E-state index contributed by atoms with van der Waals surface area (Å²) < 4.78 is 35.4. The highest BCUT2D eigenvalue weighted by molar-refractivity contribution is 6.03. The number of pyridine rings is 1. The van der Waals surface area contributed by atoms with Gasteiger partial charge < -0.3 is 14.7 Å². The summed E-state index contributed by atoms with van der Waals surface area (Å²) in [6.45, 7) is 2.55. The van der Waals surface area contributed by atoms with E-state index in [0.29, 0.717) is 47.1 Å². The lowest BCUT2D eigenvalue weighted by atomic mass is 9.95. The van der Waals surface area contributed by atoms with Crippen LogP contribution in [0.25, 0.3) is 32.9 Å². The minimum atomic E-state index is -0.840. The molecule has 9 heteroatoms. The Morgan fingerprint density at radius 3 is 2.79 bits per heavy atom. The molecular formula is C33H31F2N5O2. The third-order valence-electron chi connectivity index (χ3n) is 9.92. The summed E-state index contributed by atoms with van der Waals surface area (Å²) in [6.07, 6.45) is 13.5. The first-order valence-corrected chi connectivity index (χ1v) is 14.8. The highest BCUT2D eigenvalue weighted by Gasteiger charge is 2.52. The number of benzene rings is 2. The van der Waals surface area contributed by atoms with E-state index in [4.69, 9.17) is 21.1 Å². The molecule has 0 amide bonds. The van der Waals surface area contributed by atoms with Crippen molar-refractivity contribution in [3.8, 4) is 35.4 Å². The van der Waals surface area contributed by atoms with E-state index in [-0.39, 0.29) is 28.4 Å². The molecule has 7 nitrogen and oxygen atoms in total. The van der Waals surface area contributed by atoms with E-state index in [9.17, 15) is 13.9 Å². The number of halogens is 2. The third kappa shape index (κ3) is 3.92. The van der Waals surface area contributed by atoms with Gasteiger partial charge in [-0.25, -0.2) is 18.7 Å². The minimum absolute atomic E-state index is 0.0326. The minimum Gasteiger partial charge on any atom is -0.508 e. The number of aromatic hydroxyl groups is 1. The maximum atomic E-state index is 14.9. The standard InChI is InChI=1S/C33H31F2N5O2/c1-2-23-26(35)6-5-20-13-22(41)14-24(29(20)23)27-15-28-25(30(37-27)40-12-4-7-32(40)9-10-32)17-36-31(38-28)42-19-33-8-3-11-39(33)18-21(34)16-33/h1,5-6,13-15,17,21,41H,3-4,7-12,16,18-19H2/t21-,33+/m1/s1. The first-order chi connectivity index (χ1) is 20.4. The first kappa shape index (κ1) is 25.7. The fourth-order valence-corrected chi connectivity index (χ4v) is 7.76. The highest BCUT2D eigenvalue weighted by Crippen LogP contribution is 2.52. The van der Waals surface area contributed by atoms with Gasteiger partial charge in [-0.05, 0) is 74.7 Å². The van der Waals surface area contributed by atoms with Crippen molar-refractivity contribution in [2.75, 3.05) is 31.1 Å². The molecule has 2 aromatic carbocycles. The lowest BCUT2D eigenvalue weighted by molar-refractivity contribution is 0.107. The number of ether oxygens (including phenoxy) is 1. The molecule has 5 heterocycles. The zero-order valence-electron chi connectivity index (χ0n) is 23.2. The fourth-order valence-electron chi connectivity index (χ4n) is 7.76. The second-order valence-electron chi connectivity index (χ2n) is 12.4. The summed E-state index contributed by atoms with van der Waals surface area (Å²) >= 11 is 0. The number of rotatable bonds is 5. The predicted molar refractivity (Wildman–Crippen MR) is 157 cm³/mol. The number of nitrogens with zero attached hydrogens (tertiary/aromatic N) is 5. The summed E-state index contributed by atoms with van der Waals surface area (Å²) in [5.41, 5.74) is 1.61. The maximum absolute atomic E-state index is 14.9. The van der Waals surface area contributed by atoms with Gasteiger partial charge in [0, 0.05) is 42.2 Å². The van der Waals surface area contributed by atoms with Gasteiger partial charge >= 0.3 is 6.01 Å². The van der Waals surface area contributed by atoms with Crippen LogP contribution in [0.5, 0.6) is 11.8 Å². The quantitative estimate of drug-likeness (QED) is 0.308. The molecule has 2 aromatic heterocycles. The van der Waals surface area contributed by atoms with E-state index in [1.807, 2.05) is 6.07 Å². The molecule has 1 N–H and O–H groups in total. The number of fused-ring (bicyclic) bond motifs is 3. The summed E-state index contributed by atoms with van der Waals surface area (Å²) in [4.78, 5) is 19.1. The Bertz CT molecular complexity index is 1800. The van der Waals surface area contributed by atoms with Crippen molar-refractivity contribution < 1.29 is 18.6 Å². The molecule has 0 radical (unpaired) electrons. The summed E-state index contributed by atoms with van der Waals surface area (Å²) in [5.74, 6) is 2.80. The van der Waals surface area contributed by atoms with Crippen molar-refractivity contribution >= 4 is 27.5 Å². The van der Waals surface area contributed by atoms with Crippen LogP contribution in [-0.2, 0) is 0 Å². The van der Waals surface area contributed by atoms with Crippen molar-refractivity contribution in [1.29, 1.82) is 0 Å². The van der Waals surface area contributed by atoms with Crippen LogP contribution in [0.1, 0.15) is 50.5 Å². The van der Waals surface area contributed by atoms with Crippen LogP contribution in [0.2, 0.25) is 0 Å². The number of anilines is 1. The van der Waals surface area contributed by atoms with Gasteiger partial charge in [0.25, 0.3) is 0 Å². The second kappa shape index (κ2) is 9.23. The number of terminal acetylenes is 1. The molecule has 1 saturated carbocycles. The van der Waals surface area contributed by atoms with Crippen molar-refractivity contribution in [1.82, 2.24) is 19.9 Å². The van der Waals surface area contributed by atoms with E-state index >= 15 is 0 Å². The molecular weight excluding hydrogens is 536 g/mol. The van der Waals surface area contributed by atoms with E-state index in [1.165, 1.54) is 6.07 Å². The van der Waals surface area contributed by atoms with E-state index in [1.54, 1.807) is 24.4 Å². The second-order valence-corrected chi connectivity index (χ2v) is 12.4. The van der Waals surface area contributed by atoms with Gasteiger partial charge in [0.1, 0.15) is 30.2 Å². The van der Waals surface area contributed by atoms with Gasteiger partial charge in [-0.15, -0.1) is 6.42 Å². The number of alkyl halides is 1. The van der Waals surface area contributed by atoms with Crippen LogP contribution >= 0.6 is 0 Å². The van der Waals surface area contributed by atoms with Crippen molar-refractivity contribution in [2.24, 2.45) is 0 Å². The average Bonchev–Trinajstić information content (AvgIpc) is 3.31. The van der Waals surface area contributed by atoms with Crippen LogP contribution in [-0.4, -0.2) is 68.4 Å². The van der Waals surface area contributed by atoms with Crippen LogP contribution in [0.15, 0.2) is 36.5 Å². The third-order valence-corrected chi connectivity index (χ3v) is 9.92. The van der Waals surface area contributed by atoms with Crippen LogP contribution in [0, 0.1) is 18.2 Å². The van der Waals surface area contributed by atoms with Crippen LogP contribution in [0.3, 0.4) is 0 Å². The molecule has 214 valence electrons. The lowest BCUT2D eigenvalue weighted by Gasteiger charge is -2.30. The zero-order valence-corrected chi connectivity index (χ0v) is 23.2. The van der Waals surface area contributed by atoms with Crippen molar-refractivity contribution in [2.45, 2.75) is 62.2 Å². The largest absolute Gasteiger partial charge is 0.508 e. The maximum Gasteiger partial charge on any atom is 0.316 e. The first-order valence-electron chi connectivity index (χ1n) is 14.8. The molecule has 1 spiro atoms. The Kier molecular flexibility index (Phi) is 5.64. The Balaban J connectivity index is 1.27. The molecule has 0 unspecified atom stereocenters. The predicted octanol–water partition coefficient (Wildman–Crippen LogP) is 5.76. The number of phenolic OH excluding ortho intramolecular Hbond substituents is 1. The van der Waals surface area contributed by atoms with Crippen molar-refractivity contribution in [3.05, 3.63) is 47.9 Å². The molecule has 4 fully saturated rings. The van der Waals surface area contributed by atoms with Crippen molar-refractivity contribution in [3.63, 3.8) is 0 Å². The number of hydrogen-bond donors (Lipinski definition) is 1. The normalized spacial score (nSPS) is 24.5. The van der Waals surface area contributed by atoms with E-state index < -0.39 is 12.0 Å². The monoisotopic (exact) mass is 567 g/mol. The summed E-state index contributed by atoms with van der Waals surface area (Å²) in [7, 11) is 0. The summed E-state index contributed by atoms with van der Waals surface area (Å²) in [6, 6.07) is 8.14. The molecule has 42 heavy (non-hydrogen) atoms. The van der Waals surface area contributed by atoms with Gasteiger partial charge in [0.15, 0.2) is 0 Å². The Morgan fingerprint density at radius 1 is 1.10 bits per heavy atom. The summed E-state index contributed by atoms with van der Waals surface area (Å²) in [5, 5.41) is 12.6.